The van der Waals surface area contributed by atoms with Gasteiger partial charge in [-0.1, -0.05) is 29.8 Å². The summed E-state index contributed by atoms with van der Waals surface area (Å²) in [5, 5.41) is 23.5. The molecule has 1 unspecified atom stereocenters. The van der Waals surface area contributed by atoms with Crippen LogP contribution in [0.25, 0.3) is 21.9 Å². The van der Waals surface area contributed by atoms with Gasteiger partial charge in [0.15, 0.2) is 0 Å². The summed E-state index contributed by atoms with van der Waals surface area (Å²) in [6, 6.07) is 9.15. The Morgan fingerprint density at radius 3 is 2.71 bits per heavy atom. The monoisotopic (exact) mass is 436 g/mol. The maximum atomic E-state index is 10.7. The van der Waals surface area contributed by atoms with E-state index < -0.39 is 18.2 Å². The van der Waals surface area contributed by atoms with Crippen LogP contribution in [0.5, 0.6) is 0 Å². The highest BCUT2D eigenvalue weighted by atomic mass is 35.5. The second-order valence-corrected chi connectivity index (χ2v) is 8.19. The smallest absolute Gasteiger partial charge is 0.221 e. The van der Waals surface area contributed by atoms with Gasteiger partial charge in [-0.3, -0.25) is 0 Å². The first-order chi connectivity index (χ1) is 14.9. The summed E-state index contributed by atoms with van der Waals surface area (Å²) in [6.07, 6.45) is 4.73. The number of anilines is 2. The van der Waals surface area contributed by atoms with Gasteiger partial charge in [0, 0.05) is 23.2 Å². The third kappa shape index (κ3) is 3.48. The number of halogens is 1. The molecule has 8 nitrogen and oxygen atoms in total. The summed E-state index contributed by atoms with van der Waals surface area (Å²) in [5.74, 6) is 0.464. The maximum absolute atomic E-state index is 10.7. The first-order valence-electron chi connectivity index (χ1n) is 9.91. The Hall–Kier alpha value is -3.20. The van der Waals surface area contributed by atoms with Gasteiger partial charge in [0.25, 0.3) is 0 Å². The first kappa shape index (κ1) is 19.7. The molecule has 1 aromatic carbocycles. The van der Waals surface area contributed by atoms with Crippen molar-refractivity contribution in [2.45, 2.75) is 31.1 Å². The van der Waals surface area contributed by atoms with E-state index in [0.717, 1.165) is 27.4 Å². The molecule has 0 fully saturated rings. The Bertz CT molecular complexity index is 1330. The normalized spacial score (nSPS) is 21.1. The van der Waals surface area contributed by atoms with Crippen LogP contribution >= 0.6 is 11.6 Å². The first-order valence-corrected chi connectivity index (χ1v) is 10.3. The number of nitrogens with zero attached hydrogens (tertiary/aromatic N) is 4. The average molecular weight is 437 g/mol. The van der Waals surface area contributed by atoms with Crippen LogP contribution in [0.3, 0.4) is 0 Å². The van der Waals surface area contributed by atoms with E-state index in [1.807, 2.05) is 41.1 Å². The molecule has 1 aliphatic carbocycles. The number of aromatic nitrogens is 4. The van der Waals surface area contributed by atoms with Crippen molar-refractivity contribution in [1.29, 1.82) is 0 Å². The number of nitrogens with two attached hydrogens (primary N) is 2. The number of hydrogen-bond acceptors (Lipinski definition) is 7. The minimum atomic E-state index is -0.970. The molecule has 0 spiro atoms. The van der Waals surface area contributed by atoms with E-state index in [9.17, 15) is 10.2 Å². The largest absolute Gasteiger partial charge is 0.388 e. The summed E-state index contributed by atoms with van der Waals surface area (Å²) in [5.41, 5.74) is 14.8. The molecule has 6 N–H and O–H groups in total. The highest BCUT2D eigenvalue weighted by Gasteiger charge is 2.35. The van der Waals surface area contributed by atoms with E-state index >= 15 is 0 Å². The van der Waals surface area contributed by atoms with Gasteiger partial charge in [0.1, 0.15) is 23.7 Å². The molecule has 4 aromatic rings. The lowest BCUT2D eigenvalue weighted by molar-refractivity contribution is 0.0317. The summed E-state index contributed by atoms with van der Waals surface area (Å²) in [6.45, 7) is 0. The number of rotatable bonds is 4. The van der Waals surface area contributed by atoms with Crippen LogP contribution in [-0.2, 0) is 6.42 Å². The molecular weight excluding hydrogens is 416 g/mol. The predicted octanol–water partition coefficient (Wildman–Crippen LogP) is 2.63. The predicted molar refractivity (Wildman–Crippen MR) is 121 cm³/mol. The SMILES string of the molecule is Nc1ncc2ccn(C3C=C(CCc4ccc5cc(Cl)c(N)nc5c4)[C@@H](O)[C@H]3O)c2n1. The molecule has 9 heteroatoms. The Labute approximate surface area is 182 Å². The van der Waals surface area contributed by atoms with E-state index in [4.69, 9.17) is 23.1 Å². The number of aliphatic hydroxyl groups is 2. The Morgan fingerprint density at radius 1 is 1.03 bits per heavy atom. The summed E-state index contributed by atoms with van der Waals surface area (Å²) in [4.78, 5) is 12.6. The summed E-state index contributed by atoms with van der Waals surface area (Å²) < 4.78 is 1.82. The van der Waals surface area contributed by atoms with Crippen molar-refractivity contribution in [3.63, 3.8) is 0 Å². The Kier molecular flexibility index (Phi) is 4.77. The van der Waals surface area contributed by atoms with E-state index in [-0.39, 0.29) is 5.95 Å². The van der Waals surface area contributed by atoms with E-state index in [1.54, 1.807) is 12.3 Å². The average Bonchev–Trinajstić information content (AvgIpc) is 3.28. The number of aryl methyl sites for hydroxylation is 1. The lowest BCUT2D eigenvalue weighted by Crippen LogP contribution is -2.29. The molecule has 3 aromatic heterocycles. The van der Waals surface area contributed by atoms with Gasteiger partial charge in [-0.05, 0) is 42.2 Å². The van der Waals surface area contributed by atoms with Crippen LogP contribution in [0, 0.1) is 0 Å². The zero-order valence-corrected chi connectivity index (χ0v) is 17.2. The van der Waals surface area contributed by atoms with Crippen LogP contribution in [0.15, 0.2) is 54.4 Å². The van der Waals surface area contributed by atoms with Gasteiger partial charge in [-0.25, -0.2) is 9.97 Å². The van der Waals surface area contributed by atoms with Gasteiger partial charge in [-0.2, -0.15) is 4.98 Å². The van der Waals surface area contributed by atoms with Gasteiger partial charge in [-0.15, -0.1) is 0 Å². The van der Waals surface area contributed by atoms with Crippen molar-refractivity contribution < 1.29 is 10.2 Å². The summed E-state index contributed by atoms with van der Waals surface area (Å²) >= 11 is 6.04. The van der Waals surface area contributed by atoms with Gasteiger partial charge < -0.3 is 26.2 Å². The molecular formula is C22H21ClN6O2. The third-order valence-electron chi connectivity index (χ3n) is 5.80. The molecule has 0 saturated heterocycles. The molecule has 31 heavy (non-hydrogen) atoms. The Morgan fingerprint density at radius 2 is 1.87 bits per heavy atom. The minimum Gasteiger partial charge on any atom is -0.388 e. The topological polar surface area (TPSA) is 136 Å². The van der Waals surface area contributed by atoms with E-state index in [2.05, 4.69) is 15.0 Å². The van der Waals surface area contributed by atoms with Gasteiger partial charge >= 0.3 is 0 Å². The fourth-order valence-corrected chi connectivity index (χ4v) is 4.30. The Balaban J connectivity index is 1.39. The van der Waals surface area contributed by atoms with Crippen molar-refractivity contribution in [1.82, 2.24) is 19.5 Å². The second kappa shape index (κ2) is 7.49. The van der Waals surface area contributed by atoms with Crippen molar-refractivity contribution in [3.05, 3.63) is 65.0 Å². The lowest BCUT2D eigenvalue weighted by Gasteiger charge is -2.19. The number of aliphatic hydroxyl groups excluding tert-OH is 2. The van der Waals surface area contributed by atoms with Crippen molar-refractivity contribution in [3.8, 4) is 0 Å². The third-order valence-corrected chi connectivity index (χ3v) is 6.10. The molecule has 0 amide bonds. The fourth-order valence-electron chi connectivity index (χ4n) is 4.14. The number of fused-ring (bicyclic) bond motifs is 2. The van der Waals surface area contributed by atoms with Gasteiger partial charge in [0.2, 0.25) is 5.95 Å². The molecule has 3 heterocycles. The number of benzene rings is 1. The van der Waals surface area contributed by atoms with Crippen molar-refractivity contribution >= 4 is 45.3 Å². The zero-order chi connectivity index (χ0) is 21.7. The van der Waals surface area contributed by atoms with Crippen LogP contribution in [0.1, 0.15) is 18.0 Å². The zero-order valence-electron chi connectivity index (χ0n) is 16.5. The van der Waals surface area contributed by atoms with Crippen molar-refractivity contribution in [2.24, 2.45) is 0 Å². The number of pyridine rings is 1. The van der Waals surface area contributed by atoms with Crippen LogP contribution in [0.4, 0.5) is 11.8 Å². The molecule has 3 atom stereocenters. The highest BCUT2D eigenvalue weighted by molar-refractivity contribution is 6.33. The molecule has 158 valence electrons. The number of hydrogen-bond donors (Lipinski definition) is 4. The molecule has 5 rings (SSSR count). The van der Waals surface area contributed by atoms with Crippen LogP contribution in [0.2, 0.25) is 5.02 Å². The van der Waals surface area contributed by atoms with Crippen LogP contribution < -0.4 is 11.5 Å². The second-order valence-electron chi connectivity index (χ2n) is 7.78. The quantitative estimate of drug-likeness (QED) is 0.361. The van der Waals surface area contributed by atoms with E-state index in [1.165, 1.54) is 0 Å². The van der Waals surface area contributed by atoms with Gasteiger partial charge in [0.05, 0.1) is 16.6 Å². The van der Waals surface area contributed by atoms with Crippen LogP contribution in [-0.4, -0.2) is 41.9 Å². The minimum absolute atomic E-state index is 0.163. The molecule has 0 saturated carbocycles. The van der Waals surface area contributed by atoms with E-state index in [0.29, 0.717) is 29.3 Å². The van der Waals surface area contributed by atoms with Crippen molar-refractivity contribution in [2.75, 3.05) is 11.5 Å². The highest BCUT2D eigenvalue weighted by Crippen LogP contribution is 2.34. The standard InChI is InChI=1S/C22H21ClN6O2/c23-15-8-12-3-1-11(7-16(12)27-20(15)24)2-4-13-9-17(19(31)18(13)30)29-6-5-14-10-26-22(25)28-21(14)29/h1,3,5-10,17-19,30-31H,2,4H2,(H2,24,27)(H2,25,26,28)/t17?,18-,19+/m1/s1. The fraction of sp³-hybridized carbons (Fsp3) is 0.227. The molecule has 0 aliphatic heterocycles. The number of nitrogen functional groups attached to an aromatic ring is 2. The molecule has 0 radical (unpaired) electrons. The molecule has 0 bridgehead atoms. The lowest BCUT2D eigenvalue weighted by atomic mass is 10.0. The summed E-state index contributed by atoms with van der Waals surface area (Å²) in [7, 11) is 0. The maximum Gasteiger partial charge on any atom is 0.221 e. The molecule has 1 aliphatic rings.